The van der Waals surface area contributed by atoms with Crippen molar-refractivity contribution in [1.82, 2.24) is 0 Å². The first-order chi connectivity index (χ1) is 9.19. The molecule has 0 aromatic heterocycles. The molecule has 0 atom stereocenters. The van der Waals surface area contributed by atoms with Gasteiger partial charge in [-0.25, -0.2) is 4.39 Å². The normalized spacial score (nSPS) is 10.5. The van der Waals surface area contributed by atoms with E-state index in [9.17, 15) is 4.39 Å². The smallest absolute Gasteiger partial charge is 0.127 e. The molecule has 100 valence electrons. The molecular formula is C15H16ClFNO+. The summed E-state index contributed by atoms with van der Waals surface area (Å²) < 4.78 is 18.1. The second kappa shape index (κ2) is 6.55. The highest BCUT2D eigenvalue weighted by Gasteiger charge is 2.06. The number of ether oxygens (including phenoxy) is 1. The third-order valence-electron chi connectivity index (χ3n) is 2.90. The van der Waals surface area contributed by atoms with E-state index in [2.05, 4.69) is 5.32 Å². The Morgan fingerprint density at radius 2 is 1.84 bits per heavy atom. The van der Waals surface area contributed by atoms with Crippen LogP contribution < -0.4 is 10.1 Å². The van der Waals surface area contributed by atoms with Gasteiger partial charge in [0.2, 0.25) is 0 Å². The Hall–Kier alpha value is -1.58. The van der Waals surface area contributed by atoms with Crippen molar-refractivity contribution in [1.29, 1.82) is 0 Å². The van der Waals surface area contributed by atoms with Crippen LogP contribution in [0.15, 0.2) is 42.5 Å². The molecule has 0 spiro atoms. The number of nitrogens with two attached hydrogens (primary N) is 1. The van der Waals surface area contributed by atoms with Crippen molar-refractivity contribution in [3.63, 3.8) is 0 Å². The lowest BCUT2D eigenvalue weighted by Gasteiger charge is -2.08. The van der Waals surface area contributed by atoms with E-state index >= 15 is 0 Å². The van der Waals surface area contributed by atoms with E-state index in [1.54, 1.807) is 19.2 Å². The Balaban J connectivity index is 1.95. The molecule has 4 heteroatoms. The van der Waals surface area contributed by atoms with E-state index < -0.39 is 0 Å². The molecule has 19 heavy (non-hydrogen) atoms. The molecule has 0 aliphatic carbocycles. The molecule has 0 bridgehead atoms. The Kier molecular flexibility index (Phi) is 4.77. The molecule has 2 rings (SSSR count). The molecule has 0 radical (unpaired) electrons. The van der Waals surface area contributed by atoms with E-state index in [0.29, 0.717) is 5.02 Å². The fourth-order valence-electron chi connectivity index (χ4n) is 1.92. The van der Waals surface area contributed by atoms with Crippen LogP contribution in [0.25, 0.3) is 0 Å². The highest BCUT2D eigenvalue weighted by atomic mass is 35.5. The molecule has 0 saturated heterocycles. The van der Waals surface area contributed by atoms with Crippen LogP contribution in [0.1, 0.15) is 11.1 Å². The van der Waals surface area contributed by atoms with Crippen LogP contribution in [0, 0.1) is 5.82 Å². The minimum absolute atomic E-state index is 0.208. The quantitative estimate of drug-likeness (QED) is 0.895. The van der Waals surface area contributed by atoms with Crippen molar-refractivity contribution >= 4 is 11.6 Å². The molecule has 0 fully saturated rings. The van der Waals surface area contributed by atoms with Gasteiger partial charge in [0.15, 0.2) is 0 Å². The molecule has 0 aliphatic heterocycles. The molecule has 2 aromatic carbocycles. The third-order valence-corrected chi connectivity index (χ3v) is 3.14. The topological polar surface area (TPSA) is 25.8 Å². The molecule has 0 aliphatic rings. The summed E-state index contributed by atoms with van der Waals surface area (Å²) in [7, 11) is 1.65. The van der Waals surface area contributed by atoms with Gasteiger partial charge >= 0.3 is 0 Å². The molecule has 0 amide bonds. The van der Waals surface area contributed by atoms with Crippen LogP contribution in [-0.2, 0) is 13.1 Å². The Morgan fingerprint density at radius 1 is 1.11 bits per heavy atom. The van der Waals surface area contributed by atoms with Crippen LogP contribution in [0.4, 0.5) is 4.39 Å². The zero-order chi connectivity index (χ0) is 13.7. The number of hydrogen-bond acceptors (Lipinski definition) is 1. The summed E-state index contributed by atoms with van der Waals surface area (Å²) in [4.78, 5) is 0. The first kappa shape index (κ1) is 13.8. The van der Waals surface area contributed by atoms with Crippen molar-refractivity contribution in [3.8, 4) is 5.75 Å². The molecule has 2 nitrogen and oxygen atoms in total. The van der Waals surface area contributed by atoms with Gasteiger partial charge in [-0.15, -0.1) is 0 Å². The SMILES string of the molecule is COc1ccc(Cl)cc1C[NH2+]Cc1ccc(F)cc1. The van der Waals surface area contributed by atoms with Gasteiger partial charge in [-0.3, -0.25) is 0 Å². The first-order valence-electron chi connectivity index (χ1n) is 6.07. The van der Waals surface area contributed by atoms with Gasteiger partial charge in [0.25, 0.3) is 0 Å². The number of quaternary nitrogens is 1. The number of halogens is 2. The highest BCUT2D eigenvalue weighted by Crippen LogP contribution is 2.21. The fourth-order valence-corrected chi connectivity index (χ4v) is 2.12. The Labute approximate surface area is 117 Å². The van der Waals surface area contributed by atoms with Crippen molar-refractivity contribution in [2.45, 2.75) is 13.1 Å². The minimum atomic E-state index is -0.208. The molecule has 0 unspecified atom stereocenters. The predicted octanol–water partition coefficient (Wildman–Crippen LogP) is 2.75. The molecule has 0 heterocycles. The average molecular weight is 281 g/mol. The lowest BCUT2D eigenvalue weighted by atomic mass is 10.2. The van der Waals surface area contributed by atoms with Crippen molar-refractivity contribution in [2.75, 3.05) is 7.11 Å². The van der Waals surface area contributed by atoms with Crippen LogP contribution in [0.5, 0.6) is 5.75 Å². The van der Waals surface area contributed by atoms with E-state index in [1.807, 2.05) is 18.2 Å². The summed E-state index contributed by atoms with van der Waals surface area (Å²) in [6.45, 7) is 1.55. The second-order valence-corrected chi connectivity index (χ2v) is 4.72. The summed E-state index contributed by atoms with van der Waals surface area (Å²) in [5, 5.41) is 2.83. The number of hydrogen-bond donors (Lipinski definition) is 1. The zero-order valence-electron chi connectivity index (χ0n) is 10.7. The van der Waals surface area contributed by atoms with E-state index in [1.165, 1.54) is 12.1 Å². The number of benzene rings is 2. The maximum absolute atomic E-state index is 12.8. The summed E-state index contributed by atoms with van der Waals surface area (Å²) in [5.41, 5.74) is 2.14. The number of rotatable bonds is 5. The van der Waals surface area contributed by atoms with Crippen molar-refractivity contribution in [2.24, 2.45) is 0 Å². The molecule has 0 saturated carbocycles. The summed E-state index contributed by atoms with van der Waals surface area (Å²) in [5.74, 6) is 0.625. The van der Waals surface area contributed by atoms with Gasteiger partial charge in [0, 0.05) is 16.1 Å². The van der Waals surface area contributed by atoms with E-state index in [4.69, 9.17) is 16.3 Å². The lowest BCUT2D eigenvalue weighted by molar-refractivity contribution is -0.686. The van der Waals surface area contributed by atoms with E-state index in [0.717, 1.165) is 30.0 Å². The maximum atomic E-state index is 12.8. The van der Waals surface area contributed by atoms with E-state index in [-0.39, 0.29) is 5.82 Å². The van der Waals surface area contributed by atoms with Crippen LogP contribution >= 0.6 is 11.6 Å². The lowest BCUT2D eigenvalue weighted by Crippen LogP contribution is -2.80. The predicted molar refractivity (Wildman–Crippen MR) is 73.7 cm³/mol. The van der Waals surface area contributed by atoms with Gasteiger partial charge < -0.3 is 10.1 Å². The fraction of sp³-hybridized carbons (Fsp3) is 0.200. The average Bonchev–Trinajstić information content (AvgIpc) is 2.41. The summed E-state index contributed by atoms with van der Waals surface area (Å²) >= 11 is 5.98. The monoisotopic (exact) mass is 280 g/mol. The number of methoxy groups -OCH3 is 1. The highest BCUT2D eigenvalue weighted by molar-refractivity contribution is 6.30. The largest absolute Gasteiger partial charge is 0.496 e. The molecule has 2 N–H and O–H groups in total. The van der Waals surface area contributed by atoms with Crippen molar-refractivity contribution in [3.05, 3.63) is 64.4 Å². The summed E-state index contributed by atoms with van der Waals surface area (Å²) in [6, 6.07) is 12.1. The van der Waals surface area contributed by atoms with Crippen molar-refractivity contribution < 1.29 is 14.4 Å². The maximum Gasteiger partial charge on any atom is 0.127 e. The molecule has 2 aromatic rings. The van der Waals surface area contributed by atoms with Gasteiger partial charge in [-0.05, 0) is 30.3 Å². The van der Waals surface area contributed by atoms with Gasteiger partial charge in [0.05, 0.1) is 7.11 Å². The Bertz CT molecular complexity index is 542. The van der Waals surface area contributed by atoms with Crippen LogP contribution in [0.3, 0.4) is 0 Å². The minimum Gasteiger partial charge on any atom is -0.496 e. The standard InChI is InChI=1S/C15H15ClFNO/c1-19-15-7-4-13(16)8-12(15)10-18-9-11-2-5-14(17)6-3-11/h2-8,18H,9-10H2,1H3/p+1. The van der Waals surface area contributed by atoms with Gasteiger partial charge in [-0.2, -0.15) is 0 Å². The molecular weight excluding hydrogens is 265 g/mol. The Morgan fingerprint density at radius 3 is 2.53 bits per heavy atom. The zero-order valence-corrected chi connectivity index (χ0v) is 11.5. The van der Waals surface area contributed by atoms with Crippen LogP contribution in [-0.4, -0.2) is 7.11 Å². The third kappa shape index (κ3) is 3.94. The van der Waals surface area contributed by atoms with Crippen LogP contribution in [0.2, 0.25) is 5.02 Å². The van der Waals surface area contributed by atoms with Gasteiger partial charge in [-0.1, -0.05) is 23.7 Å². The summed E-state index contributed by atoms with van der Waals surface area (Å²) in [6.07, 6.45) is 0. The second-order valence-electron chi connectivity index (χ2n) is 4.28. The van der Waals surface area contributed by atoms with Gasteiger partial charge in [0.1, 0.15) is 24.7 Å². The first-order valence-corrected chi connectivity index (χ1v) is 6.45.